The van der Waals surface area contributed by atoms with E-state index in [1.807, 2.05) is 0 Å². The highest BCUT2D eigenvalue weighted by Gasteiger charge is 2.22. The summed E-state index contributed by atoms with van der Waals surface area (Å²) in [5, 5.41) is 3.50. The summed E-state index contributed by atoms with van der Waals surface area (Å²) in [5.41, 5.74) is 1.15. The maximum atomic E-state index is 13.4. The van der Waals surface area contributed by atoms with Crippen molar-refractivity contribution in [2.45, 2.75) is 52.6 Å². The molecule has 0 radical (unpaired) electrons. The van der Waals surface area contributed by atoms with Gasteiger partial charge in [-0.1, -0.05) is 32.9 Å². The van der Waals surface area contributed by atoms with Gasteiger partial charge in [0.25, 0.3) is 5.56 Å². The van der Waals surface area contributed by atoms with E-state index >= 15 is 0 Å². The first kappa shape index (κ1) is 25.2. The van der Waals surface area contributed by atoms with Gasteiger partial charge in [-0.15, -0.1) is 0 Å². The topological polar surface area (TPSA) is 82.5 Å². The van der Waals surface area contributed by atoms with Crippen LogP contribution in [0.1, 0.15) is 51.6 Å². The van der Waals surface area contributed by atoms with E-state index in [4.69, 9.17) is 9.47 Å². The van der Waals surface area contributed by atoms with Crippen molar-refractivity contribution in [1.29, 1.82) is 0 Å². The van der Waals surface area contributed by atoms with Gasteiger partial charge in [-0.25, -0.2) is 9.37 Å². The van der Waals surface area contributed by atoms with Crippen molar-refractivity contribution >= 4 is 16.8 Å². The van der Waals surface area contributed by atoms with E-state index in [1.54, 1.807) is 24.3 Å². The number of amides is 1. The molecule has 0 fully saturated rings. The second-order valence-corrected chi connectivity index (χ2v) is 9.51. The number of hydrogen-bond donors (Lipinski definition) is 1. The first-order valence-corrected chi connectivity index (χ1v) is 11.3. The zero-order valence-electron chi connectivity index (χ0n) is 20.4. The fraction of sp³-hybridized carbons (Fsp3) is 0.423. The predicted octanol–water partition coefficient (Wildman–Crippen LogP) is 4.63. The van der Waals surface area contributed by atoms with Gasteiger partial charge in [-0.2, -0.15) is 0 Å². The number of rotatable bonds is 9. The maximum absolute atomic E-state index is 13.4. The summed E-state index contributed by atoms with van der Waals surface area (Å²) < 4.78 is 25.4. The molecule has 3 rings (SSSR count). The largest absolute Gasteiger partial charge is 0.493 e. The van der Waals surface area contributed by atoms with Crippen molar-refractivity contribution in [3.05, 3.63) is 64.5 Å². The first-order chi connectivity index (χ1) is 16.1. The third kappa shape index (κ3) is 6.34. The smallest absolute Gasteiger partial charge is 0.261 e. The molecule has 0 aliphatic heterocycles. The molecule has 0 saturated heterocycles. The lowest BCUT2D eigenvalue weighted by atomic mass is 9.85. The summed E-state index contributed by atoms with van der Waals surface area (Å²) in [6.07, 6.45) is 2.91. The third-order valence-electron chi connectivity index (χ3n) is 5.56. The number of benzene rings is 2. The van der Waals surface area contributed by atoms with Crippen LogP contribution in [0.25, 0.3) is 10.9 Å². The Labute approximate surface area is 198 Å². The summed E-state index contributed by atoms with van der Waals surface area (Å²) in [7, 11) is 3.04. The Kier molecular flexibility index (Phi) is 7.91. The van der Waals surface area contributed by atoms with Gasteiger partial charge in [0.15, 0.2) is 11.5 Å². The number of carbonyl (C=O) groups is 1. The van der Waals surface area contributed by atoms with Crippen LogP contribution in [0.5, 0.6) is 11.5 Å². The highest BCUT2D eigenvalue weighted by molar-refractivity contribution is 5.81. The third-order valence-corrected chi connectivity index (χ3v) is 5.56. The van der Waals surface area contributed by atoms with E-state index in [-0.39, 0.29) is 35.2 Å². The molecule has 1 amide bonds. The van der Waals surface area contributed by atoms with Crippen molar-refractivity contribution in [3.63, 3.8) is 0 Å². The highest BCUT2D eigenvalue weighted by atomic mass is 19.1. The second-order valence-electron chi connectivity index (χ2n) is 9.51. The molecule has 182 valence electrons. The molecule has 1 unspecified atom stereocenters. The summed E-state index contributed by atoms with van der Waals surface area (Å²) in [6.45, 7) is 6.64. The molecule has 8 heteroatoms. The minimum Gasteiger partial charge on any atom is -0.493 e. The quantitative estimate of drug-likeness (QED) is 0.494. The number of hydrogen-bond acceptors (Lipinski definition) is 5. The second kappa shape index (κ2) is 10.7. The van der Waals surface area contributed by atoms with E-state index < -0.39 is 0 Å². The number of fused-ring (bicyclic) bond motifs is 1. The van der Waals surface area contributed by atoms with Gasteiger partial charge in [-0.3, -0.25) is 14.2 Å². The molecule has 1 aromatic heterocycles. The average molecular weight is 470 g/mol. The lowest BCUT2D eigenvalue weighted by Gasteiger charge is -2.27. The minimum atomic E-state index is -0.310. The van der Waals surface area contributed by atoms with Crippen LogP contribution in [0.15, 0.2) is 47.5 Å². The molecular weight excluding hydrogens is 437 g/mol. The molecule has 0 spiro atoms. The minimum absolute atomic E-state index is 0.0276. The van der Waals surface area contributed by atoms with Crippen LogP contribution in [0, 0.1) is 11.2 Å². The molecule has 0 aliphatic carbocycles. The number of aromatic nitrogens is 2. The Hall–Kier alpha value is -3.42. The molecule has 0 aliphatic rings. The van der Waals surface area contributed by atoms with Gasteiger partial charge in [0.05, 0.1) is 37.5 Å². The van der Waals surface area contributed by atoms with Gasteiger partial charge in [0.1, 0.15) is 5.82 Å². The average Bonchev–Trinajstić information content (AvgIpc) is 2.79. The van der Waals surface area contributed by atoms with Crippen molar-refractivity contribution in [2.24, 2.45) is 5.41 Å². The normalized spacial score (nSPS) is 12.4. The highest BCUT2D eigenvalue weighted by Crippen LogP contribution is 2.30. The van der Waals surface area contributed by atoms with Crippen LogP contribution in [0.2, 0.25) is 0 Å². The van der Waals surface area contributed by atoms with Crippen LogP contribution in [0.4, 0.5) is 4.39 Å². The fourth-order valence-electron chi connectivity index (χ4n) is 3.88. The van der Waals surface area contributed by atoms with E-state index in [2.05, 4.69) is 31.1 Å². The Morgan fingerprint density at radius 2 is 1.76 bits per heavy atom. The Morgan fingerprint density at radius 3 is 2.38 bits per heavy atom. The summed E-state index contributed by atoms with van der Waals surface area (Å²) in [4.78, 5) is 30.0. The number of carbonyl (C=O) groups excluding carboxylic acids is 1. The number of aryl methyl sites for hydroxylation is 1. The molecule has 7 nitrogen and oxygen atoms in total. The number of methoxy groups -OCH3 is 2. The van der Waals surface area contributed by atoms with Crippen LogP contribution in [0.3, 0.4) is 0 Å². The van der Waals surface area contributed by atoms with Crippen LogP contribution >= 0.6 is 0 Å². The number of nitrogens with zero attached hydrogens (tertiary/aromatic N) is 2. The van der Waals surface area contributed by atoms with E-state index in [1.165, 1.54) is 37.2 Å². The van der Waals surface area contributed by atoms with Gasteiger partial charge in [0.2, 0.25) is 5.91 Å². The summed E-state index contributed by atoms with van der Waals surface area (Å²) in [6, 6.07) is 9.28. The molecule has 3 aromatic rings. The predicted molar refractivity (Wildman–Crippen MR) is 130 cm³/mol. The van der Waals surface area contributed by atoms with Gasteiger partial charge in [-0.05, 0) is 42.0 Å². The molecule has 0 bridgehead atoms. The molecular formula is C26H32FN3O4. The van der Waals surface area contributed by atoms with Crippen LogP contribution in [-0.2, 0) is 11.3 Å². The molecule has 2 aromatic carbocycles. The van der Waals surface area contributed by atoms with E-state index in [0.717, 1.165) is 5.56 Å². The molecule has 34 heavy (non-hydrogen) atoms. The lowest BCUT2D eigenvalue weighted by molar-refractivity contribution is -0.122. The Morgan fingerprint density at radius 1 is 1.12 bits per heavy atom. The monoisotopic (exact) mass is 469 g/mol. The van der Waals surface area contributed by atoms with Crippen molar-refractivity contribution in [1.82, 2.24) is 14.9 Å². The van der Waals surface area contributed by atoms with Gasteiger partial charge < -0.3 is 14.8 Å². The van der Waals surface area contributed by atoms with Gasteiger partial charge >= 0.3 is 0 Å². The lowest BCUT2D eigenvalue weighted by Crippen LogP contribution is -2.31. The van der Waals surface area contributed by atoms with E-state index in [9.17, 15) is 14.0 Å². The van der Waals surface area contributed by atoms with Gasteiger partial charge in [0, 0.05) is 19.0 Å². The summed E-state index contributed by atoms with van der Waals surface area (Å²) >= 11 is 0. The first-order valence-electron chi connectivity index (χ1n) is 11.3. The van der Waals surface area contributed by atoms with Crippen molar-refractivity contribution in [2.75, 3.05) is 14.2 Å². The number of nitrogens with one attached hydrogen (secondary N) is 1. The zero-order valence-corrected chi connectivity index (χ0v) is 20.4. The Bertz CT molecular complexity index is 1200. The standard InChI is InChI=1S/C26H32FN3O4/c1-26(2,3)15-21(17-8-10-18(27)11-9-17)29-24(31)7-6-12-30-16-28-20-14-23(34-5)22(33-4)13-19(20)25(30)32/h8-11,13-14,16,21H,6-7,12,15H2,1-5H3,(H,29,31). The zero-order chi connectivity index (χ0) is 24.9. The molecule has 1 atom stereocenters. The summed E-state index contributed by atoms with van der Waals surface area (Å²) in [5.74, 6) is 0.529. The van der Waals surface area contributed by atoms with Crippen LogP contribution < -0.4 is 20.3 Å². The number of halogens is 1. The Balaban J connectivity index is 1.67. The molecule has 0 saturated carbocycles. The van der Waals surface area contributed by atoms with Crippen LogP contribution in [-0.4, -0.2) is 29.7 Å². The maximum Gasteiger partial charge on any atom is 0.261 e. The van der Waals surface area contributed by atoms with Crippen molar-refractivity contribution < 1.29 is 18.7 Å². The fourth-order valence-corrected chi connectivity index (χ4v) is 3.88. The number of ether oxygens (including phenoxy) is 2. The SMILES string of the molecule is COc1cc2ncn(CCCC(=O)NC(CC(C)(C)C)c3ccc(F)cc3)c(=O)c2cc1OC. The van der Waals surface area contributed by atoms with E-state index in [0.29, 0.717) is 41.8 Å². The van der Waals surface area contributed by atoms with Crippen molar-refractivity contribution in [3.8, 4) is 11.5 Å². The molecule has 1 heterocycles. The molecule has 1 N–H and O–H groups in total.